The van der Waals surface area contributed by atoms with Gasteiger partial charge in [0.05, 0.1) is 12.4 Å². The number of rotatable bonds is 3. The van der Waals surface area contributed by atoms with E-state index < -0.39 is 11.6 Å². The molecule has 3 N–H and O–H groups in total. The minimum absolute atomic E-state index is 0.0236. The van der Waals surface area contributed by atoms with Crippen molar-refractivity contribution in [1.82, 2.24) is 9.97 Å². The van der Waals surface area contributed by atoms with Crippen LogP contribution in [0.5, 0.6) is 11.6 Å². The molecule has 2 aromatic rings. The smallest absolute Gasteiger partial charge is 0.238 e. The summed E-state index contributed by atoms with van der Waals surface area (Å²) in [6.07, 6.45) is 2.37. The van der Waals surface area contributed by atoms with E-state index >= 15 is 0 Å². The second-order valence-electron chi connectivity index (χ2n) is 3.31. The first-order valence-corrected chi connectivity index (χ1v) is 4.86. The van der Waals surface area contributed by atoms with Crippen molar-refractivity contribution in [3.05, 3.63) is 47.9 Å². The van der Waals surface area contributed by atoms with Gasteiger partial charge in [0.2, 0.25) is 11.7 Å². The van der Waals surface area contributed by atoms with Crippen LogP contribution in [0.1, 0.15) is 5.69 Å². The van der Waals surface area contributed by atoms with Crippen LogP contribution in [0.4, 0.5) is 8.78 Å². The lowest BCUT2D eigenvalue weighted by Gasteiger charge is -2.05. The molecule has 0 saturated heterocycles. The first-order valence-electron chi connectivity index (χ1n) is 4.86. The van der Waals surface area contributed by atoms with Gasteiger partial charge in [0.15, 0.2) is 11.6 Å². The zero-order valence-corrected chi connectivity index (χ0v) is 9.02. The molecule has 5 nitrogen and oxygen atoms in total. The minimum Gasteiger partial charge on any atom is -0.434 e. The molecule has 0 amide bonds. The van der Waals surface area contributed by atoms with Crippen LogP contribution < -0.4 is 10.5 Å². The minimum atomic E-state index is -1.10. The summed E-state index contributed by atoms with van der Waals surface area (Å²) in [5, 5.41) is 7.11. The van der Waals surface area contributed by atoms with Crippen molar-refractivity contribution in [2.45, 2.75) is 0 Å². The Labute approximate surface area is 101 Å². The van der Waals surface area contributed by atoms with E-state index in [1.807, 2.05) is 0 Å². The van der Waals surface area contributed by atoms with Crippen LogP contribution in [-0.4, -0.2) is 15.8 Å². The number of nitrogen functional groups attached to an aromatic ring is 1. The predicted octanol–water partition coefficient (Wildman–Crippen LogP) is 1.83. The molecule has 18 heavy (non-hydrogen) atoms. The van der Waals surface area contributed by atoms with Crippen LogP contribution >= 0.6 is 0 Å². The number of ether oxygens (including phenoxy) is 1. The van der Waals surface area contributed by atoms with Crippen LogP contribution in [-0.2, 0) is 0 Å². The fourth-order valence-electron chi connectivity index (χ4n) is 1.18. The molecule has 2 rings (SSSR count). The van der Waals surface area contributed by atoms with E-state index in [0.717, 1.165) is 6.07 Å². The van der Waals surface area contributed by atoms with Crippen molar-refractivity contribution >= 4 is 5.84 Å². The van der Waals surface area contributed by atoms with E-state index in [0.29, 0.717) is 0 Å². The summed E-state index contributed by atoms with van der Waals surface area (Å²) in [5.74, 6) is -2.67. The molecule has 1 aromatic heterocycles. The largest absolute Gasteiger partial charge is 0.434 e. The zero-order valence-electron chi connectivity index (χ0n) is 9.02. The molecular formula is C11H8F2N4O. The Hall–Kier alpha value is -2.57. The number of nitrogens with one attached hydrogen (secondary N) is 1. The molecule has 0 unspecified atom stereocenters. The third-order valence-electron chi connectivity index (χ3n) is 2.03. The van der Waals surface area contributed by atoms with Gasteiger partial charge in [-0.05, 0) is 12.1 Å². The summed E-state index contributed by atoms with van der Waals surface area (Å²) in [6, 6.07) is 3.55. The van der Waals surface area contributed by atoms with Gasteiger partial charge in [0.25, 0.3) is 0 Å². The lowest BCUT2D eigenvalue weighted by Crippen LogP contribution is -2.13. The Morgan fingerprint density at radius 1 is 1.22 bits per heavy atom. The highest BCUT2D eigenvalue weighted by atomic mass is 19.2. The SMILES string of the molecule is N=C(N)c1cnc(Oc2cccc(F)c2F)cn1. The summed E-state index contributed by atoms with van der Waals surface area (Å²) >= 11 is 0. The van der Waals surface area contributed by atoms with Crippen LogP contribution in [0.25, 0.3) is 0 Å². The van der Waals surface area contributed by atoms with Gasteiger partial charge < -0.3 is 10.5 Å². The van der Waals surface area contributed by atoms with Gasteiger partial charge in [-0.3, -0.25) is 5.41 Å². The van der Waals surface area contributed by atoms with Crippen molar-refractivity contribution in [1.29, 1.82) is 5.41 Å². The Kier molecular flexibility index (Phi) is 3.13. The maximum absolute atomic E-state index is 13.3. The van der Waals surface area contributed by atoms with Crippen molar-refractivity contribution in [2.24, 2.45) is 5.73 Å². The summed E-state index contributed by atoms with van der Waals surface area (Å²) in [4.78, 5) is 7.54. The molecule has 92 valence electrons. The molecule has 0 atom stereocenters. The normalized spacial score (nSPS) is 10.1. The number of nitrogens with zero attached hydrogens (tertiary/aromatic N) is 2. The fraction of sp³-hybridized carbons (Fsp3) is 0. The summed E-state index contributed by atoms with van der Waals surface area (Å²) < 4.78 is 31.2. The molecule has 0 saturated carbocycles. The van der Waals surface area contributed by atoms with Gasteiger partial charge in [-0.1, -0.05) is 6.07 Å². The Morgan fingerprint density at radius 2 is 2.00 bits per heavy atom. The number of hydrogen-bond acceptors (Lipinski definition) is 4. The second-order valence-corrected chi connectivity index (χ2v) is 3.31. The Bertz CT molecular complexity index is 586. The quantitative estimate of drug-likeness (QED) is 0.642. The molecule has 0 aliphatic carbocycles. The van der Waals surface area contributed by atoms with Gasteiger partial charge in [0.1, 0.15) is 11.5 Å². The summed E-state index contributed by atoms with van der Waals surface area (Å²) in [7, 11) is 0. The molecule has 0 radical (unpaired) electrons. The van der Waals surface area contributed by atoms with Crippen LogP contribution in [0, 0.1) is 17.0 Å². The van der Waals surface area contributed by atoms with Gasteiger partial charge in [-0.2, -0.15) is 4.39 Å². The first kappa shape index (κ1) is 11.9. The number of hydrogen-bond donors (Lipinski definition) is 2. The third kappa shape index (κ3) is 2.40. The Balaban J connectivity index is 2.24. The Morgan fingerprint density at radius 3 is 2.61 bits per heavy atom. The molecule has 0 spiro atoms. The second kappa shape index (κ2) is 4.74. The van der Waals surface area contributed by atoms with Crippen LogP contribution in [0.2, 0.25) is 0 Å². The van der Waals surface area contributed by atoms with Crippen molar-refractivity contribution in [2.75, 3.05) is 0 Å². The maximum atomic E-state index is 13.3. The molecule has 1 aromatic carbocycles. The lowest BCUT2D eigenvalue weighted by atomic mass is 10.3. The van der Waals surface area contributed by atoms with E-state index in [1.165, 1.54) is 24.5 Å². The van der Waals surface area contributed by atoms with E-state index in [1.54, 1.807) is 0 Å². The average Bonchev–Trinajstić information content (AvgIpc) is 2.36. The van der Waals surface area contributed by atoms with E-state index in [9.17, 15) is 8.78 Å². The highest BCUT2D eigenvalue weighted by Crippen LogP contribution is 2.23. The van der Waals surface area contributed by atoms with E-state index in [2.05, 4.69) is 9.97 Å². The van der Waals surface area contributed by atoms with Crippen LogP contribution in [0.3, 0.4) is 0 Å². The van der Waals surface area contributed by atoms with Crippen molar-refractivity contribution in [3.63, 3.8) is 0 Å². The average molecular weight is 250 g/mol. The lowest BCUT2D eigenvalue weighted by molar-refractivity contribution is 0.404. The van der Waals surface area contributed by atoms with Gasteiger partial charge >= 0.3 is 0 Å². The molecular weight excluding hydrogens is 242 g/mol. The molecule has 0 aliphatic heterocycles. The van der Waals surface area contributed by atoms with Crippen LogP contribution in [0.15, 0.2) is 30.6 Å². The highest BCUT2D eigenvalue weighted by Gasteiger charge is 2.10. The van der Waals surface area contributed by atoms with Crippen molar-refractivity contribution < 1.29 is 13.5 Å². The number of halogens is 2. The molecule has 1 heterocycles. The number of amidine groups is 1. The summed E-state index contributed by atoms with van der Waals surface area (Å²) in [6.45, 7) is 0. The number of nitrogens with two attached hydrogens (primary N) is 1. The number of benzene rings is 1. The predicted molar refractivity (Wildman–Crippen MR) is 59.5 cm³/mol. The van der Waals surface area contributed by atoms with Gasteiger partial charge in [-0.25, -0.2) is 14.4 Å². The molecule has 7 heteroatoms. The topological polar surface area (TPSA) is 84.9 Å². The van der Waals surface area contributed by atoms with Gasteiger partial charge in [0, 0.05) is 0 Å². The van der Waals surface area contributed by atoms with E-state index in [-0.39, 0.29) is 23.2 Å². The molecule has 0 fully saturated rings. The molecule has 0 aliphatic rings. The number of aromatic nitrogens is 2. The third-order valence-corrected chi connectivity index (χ3v) is 2.03. The first-order chi connectivity index (χ1) is 8.58. The monoisotopic (exact) mass is 250 g/mol. The summed E-state index contributed by atoms with van der Waals surface area (Å²) in [5.41, 5.74) is 5.36. The zero-order chi connectivity index (χ0) is 13.1. The standard InChI is InChI=1S/C11H8F2N4O/c12-6-2-1-3-8(10(6)13)18-9-5-16-7(4-17-9)11(14)15/h1-5H,(H3,14,15). The maximum Gasteiger partial charge on any atom is 0.238 e. The van der Waals surface area contributed by atoms with Crippen molar-refractivity contribution in [3.8, 4) is 11.6 Å². The fourth-order valence-corrected chi connectivity index (χ4v) is 1.18. The van der Waals surface area contributed by atoms with Gasteiger partial charge in [-0.15, -0.1) is 0 Å². The molecule has 0 bridgehead atoms. The van der Waals surface area contributed by atoms with E-state index in [4.69, 9.17) is 15.9 Å². The highest BCUT2D eigenvalue weighted by molar-refractivity contribution is 5.92.